The van der Waals surface area contributed by atoms with E-state index in [0.29, 0.717) is 18.0 Å². The summed E-state index contributed by atoms with van der Waals surface area (Å²) < 4.78 is 13.7. The van der Waals surface area contributed by atoms with Gasteiger partial charge in [-0.15, -0.1) is 0 Å². The van der Waals surface area contributed by atoms with Crippen molar-refractivity contribution in [1.29, 1.82) is 0 Å². The Kier molecular flexibility index (Phi) is 3.23. The first-order valence-electron chi connectivity index (χ1n) is 4.90. The molecule has 0 spiro atoms. The van der Waals surface area contributed by atoms with E-state index in [9.17, 15) is 9.18 Å². The van der Waals surface area contributed by atoms with E-state index in [2.05, 4.69) is 5.32 Å². The zero-order valence-electron chi connectivity index (χ0n) is 8.09. The van der Waals surface area contributed by atoms with Crippen molar-refractivity contribution in [1.82, 2.24) is 5.32 Å². The van der Waals surface area contributed by atoms with E-state index in [1.54, 1.807) is 6.07 Å². The summed E-state index contributed by atoms with van der Waals surface area (Å²) in [5.74, 6) is 0.0953. The summed E-state index contributed by atoms with van der Waals surface area (Å²) in [6.07, 6.45) is 2.39. The van der Waals surface area contributed by atoms with Crippen LogP contribution in [0.4, 0.5) is 4.39 Å². The molecule has 0 radical (unpaired) electrons. The average Bonchev–Trinajstić information content (AvgIpc) is 3.02. The van der Waals surface area contributed by atoms with Gasteiger partial charge in [-0.2, -0.15) is 0 Å². The molecule has 0 bridgehead atoms. The minimum Gasteiger partial charge on any atom is -0.352 e. The number of halogens is 2. The number of benzene rings is 1. The first kappa shape index (κ1) is 10.9. The Morgan fingerprint density at radius 3 is 2.93 bits per heavy atom. The van der Waals surface area contributed by atoms with Crippen LogP contribution in [0.5, 0.6) is 0 Å². The SMILES string of the molecule is O=C(NCC1CC1)c1cc(F)ccc1I. The van der Waals surface area contributed by atoms with Crippen molar-refractivity contribution in [3.05, 3.63) is 33.1 Å². The molecule has 0 atom stereocenters. The van der Waals surface area contributed by atoms with Gasteiger partial charge in [0.2, 0.25) is 0 Å². The molecule has 0 saturated heterocycles. The number of hydrogen-bond donors (Lipinski definition) is 1. The lowest BCUT2D eigenvalue weighted by molar-refractivity contribution is 0.0950. The Hall–Kier alpha value is -0.650. The molecular formula is C11H11FINO. The first-order chi connectivity index (χ1) is 7.16. The first-order valence-corrected chi connectivity index (χ1v) is 5.98. The van der Waals surface area contributed by atoms with Crippen LogP contribution in [0.25, 0.3) is 0 Å². The summed E-state index contributed by atoms with van der Waals surface area (Å²) in [5, 5.41) is 2.82. The van der Waals surface area contributed by atoms with Gasteiger partial charge in [-0.1, -0.05) is 0 Å². The maximum absolute atomic E-state index is 12.9. The van der Waals surface area contributed by atoms with Crippen molar-refractivity contribution in [2.24, 2.45) is 5.92 Å². The zero-order valence-corrected chi connectivity index (χ0v) is 10.3. The molecule has 1 saturated carbocycles. The van der Waals surface area contributed by atoms with E-state index in [-0.39, 0.29) is 11.7 Å². The quantitative estimate of drug-likeness (QED) is 0.853. The highest BCUT2D eigenvalue weighted by Crippen LogP contribution is 2.27. The molecule has 0 aliphatic heterocycles. The van der Waals surface area contributed by atoms with Gasteiger partial charge in [0.1, 0.15) is 5.82 Å². The summed E-state index contributed by atoms with van der Waals surface area (Å²) in [6.45, 7) is 0.714. The summed E-state index contributed by atoms with van der Waals surface area (Å²) in [7, 11) is 0. The summed E-state index contributed by atoms with van der Waals surface area (Å²) in [6, 6.07) is 4.26. The monoisotopic (exact) mass is 319 g/mol. The molecule has 4 heteroatoms. The molecule has 0 heterocycles. The molecule has 1 aliphatic carbocycles. The van der Waals surface area contributed by atoms with Crippen molar-refractivity contribution >= 4 is 28.5 Å². The normalized spacial score (nSPS) is 15.1. The van der Waals surface area contributed by atoms with Gasteiger partial charge in [-0.25, -0.2) is 4.39 Å². The third-order valence-electron chi connectivity index (χ3n) is 2.42. The van der Waals surface area contributed by atoms with Crippen LogP contribution >= 0.6 is 22.6 Å². The number of carbonyl (C=O) groups excluding carboxylic acids is 1. The third kappa shape index (κ3) is 2.90. The van der Waals surface area contributed by atoms with Crippen molar-refractivity contribution in [3.63, 3.8) is 0 Å². The van der Waals surface area contributed by atoms with Gasteiger partial charge in [-0.05, 0) is 59.5 Å². The average molecular weight is 319 g/mol. The Balaban J connectivity index is 2.05. The van der Waals surface area contributed by atoms with E-state index >= 15 is 0 Å². The molecular weight excluding hydrogens is 308 g/mol. The molecule has 1 N–H and O–H groups in total. The van der Waals surface area contributed by atoms with Gasteiger partial charge in [0, 0.05) is 10.1 Å². The molecule has 2 nitrogen and oxygen atoms in total. The molecule has 1 aromatic rings. The van der Waals surface area contributed by atoms with Gasteiger partial charge in [-0.3, -0.25) is 4.79 Å². The molecule has 0 aromatic heterocycles. The fourth-order valence-corrected chi connectivity index (χ4v) is 1.91. The highest BCUT2D eigenvalue weighted by Gasteiger charge is 2.22. The maximum Gasteiger partial charge on any atom is 0.252 e. The molecule has 15 heavy (non-hydrogen) atoms. The lowest BCUT2D eigenvalue weighted by Gasteiger charge is -2.05. The number of nitrogens with one attached hydrogen (secondary N) is 1. The van der Waals surface area contributed by atoms with E-state index in [0.717, 1.165) is 3.57 Å². The molecule has 2 rings (SSSR count). The summed E-state index contributed by atoms with van der Waals surface area (Å²) in [5.41, 5.74) is 0.427. The lowest BCUT2D eigenvalue weighted by Crippen LogP contribution is -2.26. The van der Waals surface area contributed by atoms with Crippen molar-refractivity contribution in [3.8, 4) is 0 Å². The third-order valence-corrected chi connectivity index (χ3v) is 3.36. The van der Waals surface area contributed by atoms with Crippen LogP contribution in [-0.2, 0) is 0 Å². The fourth-order valence-electron chi connectivity index (χ4n) is 1.33. The Labute approximate surface area is 101 Å². The van der Waals surface area contributed by atoms with Crippen LogP contribution in [0.3, 0.4) is 0 Å². The van der Waals surface area contributed by atoms with E-state index in [1.165, 1.54) is 25.0 Å². The zero-order chi connectivity index (χ0) is 10.8. The minimum absolute atomic E-state index is 0.175. The maximum atomic E-state index is 12.9. The van der Waals surface area contributed by atoms with Crippen molar-refractivity contribution < 1.29 is 9.18 Å². The molecule has 1 aromatic carbocycles. The Morgan fingerprint density at radius 2 is 2.27 bits per heavy atom. The van der Waals surface area contributed by atoms with Gasteiger partial charge in [0.05, 0.1) is 5.56 Å². The van der Waals surface area contributed by atoms with E-state index in [1.807, 2.05) is 22.6 Å². The Bertz CT molecular complexity index is 390. The number of carbonyl (C=O) groups is 1. The van der Waals surface area contributed by atoms with Gasteiger partial charge < -0.3 is 5.32 Å². The lowest BCUT2D eigenvalue weighted by atomic mass is 10.2. The minimum atomic E-state index is -0.369. The van der Waals surface area contributed by atoms with Crippen LogP contribution in [-0.4, -0.2) is 12.5 Å². The van der Waals surface area contributed by atoms with Crippen LogP contribution in [0, 0.1) is 15.3 Å². The Morgan fingerprint density at radius 1 is 1.53 bits per heavy atom. The van der Waals surface area contributed by atoms with Crippen LogP contribution in [0.15, 0.2) is 18.2 Å². The van der Waals surface area contributed by atoms with Crippen LogP contribution in [0.1, 0.15) is 23.2 Å². The number of amides is 1. The highest BCUT2D eigenvalue weighted by atomic mass is 127. The van der Waals surface area contributed by atoms with Crippen LogP contribution in [0.2, 0.25) is 0 Å². The topological polar surface area (TPSA) is 29.1 Å². The molecule has 1 amide bonds. The van der Waals surface area contributed by atoms with E-state index in [4.69, 9.17) is 0 Å². The van der Waals surface area contributed by atoms with E-state index < -0.39 is 0 Å². The van der Waals surface area contributed by atoms with Gasteiger partial charge in [0.25, 0.3) is 5.91 Å². The summed E-state index contributed by atoms with van der Waals surface area (Å²) in [4.78, 5) is 11.7. The summed E-state index contributed by atoms with van der Waals surface area (Å²) >= 11 is 2.04. The molecule has 0 unspecified atom stereocenters. The second-order valence-electron chi connectivity index (χ2n) is 3.78. The van der Waals surface area contributed by atoms with Crippen molar-refractivity contribution in [2.45, 2.75) is 12.8 Å². The van der Waals surface area contributed by atoms with Gasteiger partial charge >= 0.3 is 0 Å². The molecule has 1 fully saturated rings. The highest BCUT2D eigenvalue weighted by molar-refractivity contribution is 14.1. The predicted octanol–water partition coefficient (Wildman–Crippen LogP) is 2.57. The van der Waals surface area contributed by atoms with Crippen LogP contribution < -0.4 is 5.32 Å². The molecule has 80 valence electrons. The fraction of sp³-hybridized carbons (Fsp3) is 0.364. The smallest absolute Gasteiger partial charge is 0.252 e. The second-order valence-corrected chi connectivity index (χ2v) is 4.94. The molecule has 1 aliphatic rings. The number of rotatable bonds is 3. The standard InChI is InChI=1S/C11H11FINO/c12-8-3-4-10(13)9(5-8)11(15)14-6-7-1-2-7/h3-5,7H,1-2,6H2,(H,14,15). The number of hydrogen-bond acceptors (Lipinski definition) is 1. The van der Waals surface area contributed by atoms with Crippen molar-refractivity contribution in [2.75, 3.05) is 6.54 Å². The van der Waals surface area contributed by atoms with Gasteiger partial charge in [0.15, 0.2) is 0 Å². The predicted molar refractivity (Wildman–Crippen MR) is 64.2 cm³/mol. The largest absolute Gasteiger partial charge is 0.352 e. The second kappa shape index (κ2) is 4.47.